The third-order valence-corrected chi connectivity index (χ3v) is 8.01. The number of hydrogen-bond acceptors (Lipinski definition) is 8. The summed E-state index contributed by atoms with van der Waals surface area (Å²) in [6.07, 6.45) is 5.45. The molecule has 0 bridgehead atoms. The van der Waals surface area contributed by atoms with E-state index in [-0.39, 0.29) is 0 Å². The molecule has 1 fully saturated rings. The van der Waals surface area contributed by atoms with Crippen LogP contribution < -0.4 is 0 Å². The molecule has 1 saturated heterocycles. The van der Waals surface area contributed by atoms with E-state index in [0.29, 0.717) is 11.6 Å². The Morgan fingerprint density at radius 2 is 1.85 bits per heavy atom. The van der Waals surface area contributed by atoms with Gasteiger partial charge in [0, 0.05) is 18.0 Å². The lowest BCUT2D eigenvalue weighted by molar-refractivity contribution is 0.216. The van der Waals surface area contributed by atoms with Crippen LogP contribution in [0.4, 0.5) is 0 Å². The molecule has 0 amide bonds. The zero-order chi connectivity index (χ0) is 22.9. The van der Waals surface area contributed by atoms with Crippen molar-refractivity contribution in [2.45, 2.75) is 36.0 Å². The molecule has 0 N–H and O–H groups in total. The molecule has 0 unspecified atom stereocenters. The van der Waals surface area contributed by atoms with Gasteiger partial charge in [0.05, 0.1) is 18.2 Å². The summed E-state index contributed by atoms with van der Waals surface area (Å²) in [7, 11) is 1.96. The Balaban J connectivity index is 1.43. The zero-order valence-corrected chi connectivity index (χ0v) is 20.5. The number of likely N-dealkylation sites (tertiary alicyclic amines) is 1. The first-order chi connectivity index (χ1) is 16.8. The quantitative estimate of drug-likeness (QED) is 0.276. The topological polar surface area (TPSA) is 72.9 Å². The Kier molecular flexibility index (Phi) is 5.90. The van der Waals surface area contributed by atoms with E-state index < -0.39 is 0 Å². The second-order valence-corrected chi connectivity index (χ2v) is 10.2. The average Bonchev–Trinajstić information content (AvgIpc) is 3.61. The van der Waals surface area contributed by atoms with Gasteiger partial charge in [-0.15, -0.1) is 21.5 Å². The normalized spacial score (nSPS) is 14.7. The smallest absolute Gasteiger partial charge is 0.200 e. The van der Waals surface area contributed by atoms with Crippen molar-refractivity contribution in [3.63, 3.8) is 0 Å². The predicted molar refractivity (Wildman–Crippen MR) is 135 cm³/mol. The summed E-state index contributed by atoms with van der Waals surface area (Å²) in [5, 5.41) is 13.8. The molecule has 6 rings (SSSR count). The average molecular weight is 489 g/mol. The largest absolute Gasteiger partial charge is 0.461 e. The van der Waals surface area contributed by atoms with Crippen LogP contribution in [0.15, 0.2) is 68.7 Å². The first-order valence-electron chi connectivity index (χ1n) is 11.4. The van der Waals surface area contributed by atoms with E-state index in [2.05, 4.69) is 44.7 Å². The van der Waals surface area contributed by atoms with Crippen LogP contribution in [0, 0.1) is 0 Å². The standard InChI is InChI=1S/C25H24N6OS2/c1-30-22(19-11-8-14-32-19)28-29-25(30)34-24-21-18(17-9-4-2-5-10-17)16-33-23(21)26-20(27-24)15-31-12-6-3-7-13-31/h2,4-5,8-11,14,16H,3,6-7,12-13,15H2,1H3. The lowest BCUT2D eigenvalue weighted by Crippen LogP contribution is -2.29. The molecule has 0 aliphatic carbocycles. The Bertz CT molecular complexity index is 1400. The fourth-order valence-electron chi connectivity index (χ4n) is 4.35. The maximum Gasteiger partial charge on any atom is 0.200 e. The Morgan fingerprint density at radius 3 is 2.65 bits per heavy atom. The van der Waals surface area contributed by atoms with Gasteiger partial charge in [0.1, 0.15) is 15.7 Å². The van der Waals surface area contributed by atoms with Gasteiger partial charge in [-0.2, -0.15) is 0 Å². The highest BCUT2D eigenvalue weighted by molar-refractivity contribution is 7.99. The number of aromatic nitrogens is 5. The van der Waals surface area contributed by atoms with Crippen molar-refractivity contribution in [3.05, 3.63) is 59.9 Å². The van der Waals surface area contributed by atoms with Crippen LogP contribution in [0.5, 0.6) is 0 Å². The van der Waals surface area contributed by atoms with E-state index in [0.717, 1.165) is 57.0 Å². The van der Waals surface area contributed by atoms with Crippen molar-refractivity contribution in [3.8, 4) is 22.7 Å². The number of furan rings is 1. The molecule has 0 radical (unpaired) electrons. The maximum absolute atomic E-state index is 5.54. The summed E-state index contributed by atoms with van der Waals surface area (Å²) in [5.41, 5.74) is 2.32. The minimum absolute atomic E-state index is 0.694. The van der Waals surface area contributed by atoms with Crippen LogP contribution in [0.3, 0.4) is 0 Å². The maximum atomic E-state index is 5.54. The molecule has 5 aromatic rings. The number of rotatable bonds is 6. The Labute approximate surface area is 205 Å². The van der Waals surface area contributed by atoms with Crippen molar-refractivity contribution in [1.29, 1.82) is 0 Å². The van der Waals surface area contributed by atoms with Gasteiger partial charge in [0.2, 0.25) is 0 Å². The third kappa shape index (κ3) is 4.15. The number of thiophene rings is 1. The fourth-order valence-corrected chi connectivity index (χ4v) is 6.32. The van der Waals surface area contributed by atoms with Crippen LogP contribution in [0.1, 0.15) is 25.1 Å². The first kappa shape index (κ1) is 21.5. The molecule has 7 nitrogen and oxygen atoms in total. The van der Waals surface area contributed by atoms with Crippen molar-refractivity contribution in [2.24, 2.45) is 7.05 Å². The highest BCUT2D eigenvalue weighted by Gasteiger charge is 2.21. The van der Waals surface area contributed by atoms with Crippen molar-refractivity contribution in [1.82, 2.24) is 29.6 Å². The van der Waals surface area contributed by atoms with Gasteiger partial charge in [-0.25, -0.2) is 9.97 Å². The van der Waals surface area contributed by atoms with Crippen LogP contribution in [0.25, 0.3) is 32.9 Å². The third-order valence-electron chi connectivity index (χ3n) is 6.11. The number of hydrogen-bond donors (Lipinski definition) is 0. The van der Waals surface area contributed by atoms with Gasteiger partial charge in [0.15, 0.2) is 16.7 Å². The number of piperidine rings is 1. The number of fused-ring (bicyclic) bond motifs is 1. The number of nitrogens with zero attached hydrogens (tertiary/aromatic N) is 6. The Morgan fingerprint density at radius 1 is 1.00 bits per heavy atom. The van der Waals surface area contributed by atoms with E-state index in [4.69, 9.17) is 14.4 Å². The zero-order valence-electron chi connectivity index (χ0n) is 18.8. The summed E-state index contributed by atoms with van der Waals surface area (Å²) in [6.45, 7) is 3.00. The van der Waals surface area contributed by atoms with Crippen LogP contribution >= 0.6 is 23.1 Å². The van der Waals surface area contributed by atoms with E-state index in [9.17, 15) is 0 Å². The van der Waals surface area contributed by atoms with E-state index >= 15 is 0 Å². The van der Waals surface area contributed by atoms with Crippen LogP contribution in [0.2, 0.25) is 0 Å². The van der Waals surface area contributed by atoms with Gasteiger partial charge in [-0.1, -0.05) is 36.8 Å². The molecular formula is C25H24N6OS2. The molecule has 9 heteroatoms. The van der Waals surface area contributed by atoms with Crippen molar-refractivity contribution < 1.29 is 4.42 Å². The summed E-state index contributed by atoms with van der Waals surface area (Å²) in [6, 6.07) is 14.2. The minimum Gasteiger partial charge on any atom is -0.461 e. The molecule has 1 aromatic carbocycles. The molecule has 1 aliphatic rings. The van der Waals surface area contributed by atoms with Crippen molar-refractivity contribution >= 4 is 33.3 Å². The summed E-state index contributed by atoms with van der Waals surface area (Å²) >= 11 is 3.21. The van der Waals surface area contributed by atoms with E-state index in [1.54, 1.807) is 17.6 Å². The Hall–Kier alpha value is -3.01. The van der Waals surface area contributed by atoms with Gasteiger partial charge in [-0.05, 0) is 55.4 Å². The number of benzene rings is 1. The lowest BCUT2D eigenvalue weighted by atomic mass is 10.1. The molecule has 172 valence electrons. The molecular weight excluding hydrogens is 464 g/mol. The van der Waals surface area contributed by atoms with E-state index in [1.165, 1.54) is 31.0 Å². The van der Waals surface area contributed by atoms with Gasteiger partial charge in [0.25, 0.3) is 0 Å². The van der Waals surface area contributed by atoms with Gasteiger partial charge >= 0.3 is 0 Å². The molecule has 0 saturated carbocycles. The van der Waals surface area contributed by atoms with Gasteiger partial charge in [-0.3, -0.25) is 4.90 Å². The second kappa shape index (κ2) is 9.32. The highest BCUT2D eigenvalue weighted by atomic mass is 32.2. The minimum atomic E-state index is 0.694. The SMILES string of the molecule is Cn1c(Sc2nc(CN3CCCCC3)nc3scc(-c4ccccc4)c23)nnc1-c1ccco1. The summed E-state index contributed by atoms with van der Waals surface area (Å²) in [5.74, 6) is 2.26. The predicted octanol–water partition coefficient (Wildman–Crippen LogP) is 5.88. The highest BCUT2D eigenvalue weighted by Crippen LogP contribution is 2.40. The molecule has 4 aromatic heterocycles. The molecule has 34 heavy (non-hydrogen) atoms. The van der Waals surface area contributed by atoms with Crippen LogP contribution in [-0.2, 0) is 13.6 Å². The second-order valence-electron chi connectivity index (χ2n) is 8.42. The van der Waals surface area contributed by atoms with E-state index in [1.807, 2.05) is 29.8 Å². The lowest BCUT2D eigenvalue weighted by Gasteiger charge is -2.25. The van der Waals surface area contributed by atoms with Crippen LogP contribution in [-0.4, -0.2) is 42.7 Å². The molecule has 5 heterocycles. The molecule has 0 atom stereocenters. The summed E-state index contributed by atoms with van der Waals surface area (Å²) < 4.78 is 7.49. The molecule has 0 spiro atoms. The van der Waals surface area contributed by atoms with Crippen molar-refractivity contribution in [2.75, 3.05) is 13.1 Å². The van der Waals surface area contributed by atoms with Gasteiger partial charge < -0.3 is 8.98 Å². The monoisotopic (exact) mass is 488 g/mol. The summed E-state index contributed by atoms with van der Waals surface area (Å²) in [4.78, 5) is 13.5. The molecule has 1 aliphatic heterocycles. The first-order valence-corrected chi connectivity index (χ1v) is 13.1. The fraction of sp³-hybridized carbons (Fsp3) is 0.280.